The molecule has 1 fully saturated rings. The van der Waals surface area contributed by atoms with Gasteiger partial charge in [0.05, 0.1) is 4.90 Å². The van der Waals surface area contributed by atoms with Crippen molar-refractivity contribution in [1.82, 2.24) is 14.5 Å². The zero-order chi connectivity index (χ0) is 21.1. The maximum absolute atomic E-state index is 12.7. The highest BCUT2D eigenvalue weighted by Gasteiger charge is 2.26. The van der Waals surface area contributed by atoms with Crippen LogP contribution in [-0.4, -0.2) is 50.3 Å². The van der Waals surface area contributed by atoms with Gasteiger partial charge in [0.2, 0.25) is 21.1 Å². The molecule has 1 amide bonds. The summed E-state index contributed by atoms with van der Waals surface area (Å²) in [5.41, 5.74) is 0.192. The highest BCUT2D eigenvalue weighted by Crippen LogP contribution is 2.25. The van der Waals surface area contributed by atoms with E-state index in [9.17, 15) is 21.6 Å². The number of hydrogen-bond donors (Lipinski definition) is 2. The van der Waals surface area contributed by atoms with E-state index in [0.717, 1.165) is 30.6 Å². The van der Waals surface area contributed by atoms with Crippen molar-refractivity contribution in [3.63, 3.8) is 0 Å². The minimum atomic E-state index is -4.02. The minimum absolute atomic E-state index is 0.0835. The third-order valence-corrected chi connectivity index (χ3v) is 8.76. The van der Waals surface area contributed by atoms with Crippen LogP contribution in [0.1, 0.15) is 32.6 Å². The van der Waals surface area contributed by atoms with Crippen LogP contribution in [0.4, 0.5) is 10.8 Å². The van der Waals surface area contributed by atoms with Crippen LogP contribution in [0.25, 0.3) is 0 Å². The van der Waals surface area contributed by atoms with Crippen LogP contribution in [0.3, 0.4) is 0 Å². The van der Waals surface area contributed by atoms with Gasteiger partial charge in [0.1, 0.15) is 0 Å². The van der Waals surface area contributed by atoms with Crippen molar-refractivity contribution in [3.8, 4) is 0 Å². The summed E-state index contributed by atoms with van der Waals surface area (Å²) in [5, 5.41) is 9.76. The first kappa shape index (κ1) is 21.6. The van der Waals surface area contributed by atoms with E-state index in [1.165, 1.54) is 28.6 Å². The number of piperidine rings is 1. The molecule has 13 heteroatoms. The molecule has 1 aliphatic rings. The summed E-state index contributed by atoms with van der Waals surface area (Å²) in [6.45, 7) is 2.64. The molecule has 1 aromatic carbocycles. The lowest BCUT2D eigenvalue weighted by atomic mass is 10.2. The molecule has 2 N–H and O–H groups in total. The van der Waals surface area contributed by atoms with Crippen molar-refractivity contribution in [3.05, 3.63) is 24.3 Å². The summed E-state index contributed by atoms with van der Waals surface area (Å²) >= 11 is 0.722. The average Bonchev–Trinajstić information content (AvgIpc) is 3.18. The number of anilines is 2. The van der Waals surface area contributed by atoms with Gasteiger partial charge in [-0.2, -0.15) is 12.7 Å². The van der Waals surface area contributed by atoms with E-state index in [4.69, 9.17) is 0 Å². The molecule has 0 saturated carbocycles. The third-order valence-electron chi connectivity index (χ3n) is 4.26. The van der Waals surface area contributed by atoms with Gasteiger partial charge in [-0.25, -0.2) is 8.42 Å². The predicted octanol–water partition coefficient (Wildman–Crippen LogP) is 1.86. The SMILES string of the molecule is CCC(=O)Nc1nnc(S(=O)(=O)Nc2ccc(S(=O)(=O)N3CCCCC3)cc2)s1. The molecule has 0 unspecified atom stereocenters. The van der Waals surface area contributed by atoms with Gasteiger partial charge in [-0.1, -0.05) is 24.7 Å². The molecule has 2 aromatic rings. The fourth-order valence-electron chi connectivity index (χ4n) is 2.72. The molecule has 1 aromatic heterocycles. The molecule has 0 atom stereocenters. The highest BCUT2D eigenvalue weighted by molar-refractivity contribution is 7.94. The molecule has 0 aliphatic carbocycles. The number of amides is 1. The van der Waals surface area contributed by atoms with Gasteiger partial charge in [-0.05, 0) is 37.1 Å². The summed E-state index contributed by atoms with van der Waals surface area (Å²) in [4.78, 5) is 11.5. The Morgan fingerprint density at radius 2 is 1.72 bits per heavy atom. The van der Waals surface area contributed by atoms with E-state index in [2.05, 4.69) is 20.2 Å². The minimum Gasteiger partial charge on any atom is -0.301 e. The Kier molecular flexibility index (Phi) is 6.51. The Labute approximate surface area is 173 Å². The molecule has 0 spiro atoms. The number of rotatable bonds is 7. The first-order valence-corrected chi connectivity index (χ1v) is 12.7. The molecule has 0 bridgehead atoms. The highest BCUT2D eigenvalue weighted by atomic mass is 32.2. The van der Waals surface area contributed by atoms with Crippen molar-refractivity contribution >= 4 is 48.1 Å². The van der Waals surface area contributed by atoms with Gasteiger partial charge in [0.15, 0.2) is 0 Å². The molecule has 29 heavy (non-hydrogen) atoms. The van der Waals surface area contributed by atoms with Crippen LogP contribution in [0.5, 0.6) is 0 Å². The first-order valence-electron chi connectivity index (χ1n) is 8.99. The van der Waals surface area contributed by atoms with Gasteiger partial charge in [-0.3, -0.25) is 9.52 Å². The Balaban J connectivity index is 1.72. The summed E-state index contributed by atoms with van der Waals surface area (Å²) < 4.78 is 53.7. The van der Waals surface area contributed by atoms with Crippen molar-refractivity contribution in [1.29, 1.82) is 0 Å². The van der Waals surface area contributed by atoms with E-state index in [1.54, 1.807) is 6.92 Å². The lowest BCUT2D eigenvalue weighted by Crippen LogP contribution is -2.35. The summed E-state index contributed by atoms with van der Waals surface area (Å²) in [6.07, 6.45) is 2.91. The number of carbonyl (C=O) groups is 1. The number of carbonyl (C=O) groups excluding carboxylic acids is 1. The molecule has 158 valence electrons. The second-order valence-corrected chi connectivity index (χ2v) is 11.1. The van der Waals surface area contributed by atoms with E-state index in [1.807, 2.05) is 0 Å². The van der Waals surface area contributed by atoms with E-state index < -0.39 is 20.0 Å². The molecular formula is C16H21N5O5S3. The van der Waals surface area contributed by atoms with Crippen LogP contribution in [0.15, 0.2) is 33.5 Å². The van der Waals surface area contributed by atoms with Gasteiger partial charge in [0, 0.05) is 25.2 Å². The monoisotopic (exact) mass is 459 g/mol. The zero-order valence-electron chi connectivity index (χ0n) is 15.7. The van der Waals surface area contributed by atoms with Crippen LogP contribution < -0.4 is 10.0 Å². The molecule has 1 saturated heterocycles. The van der Waals surface area contributed by atoms with Crippen molar-refractivity contribution in [2.24, 2.45) is 0 Å². The number of nitrogens with zero attached hydrogens (tertiary/aromatic N) is 3. The van der Waals surface area contributed by atoms with Crippen molar-refractivity contribution in [2.45, 2.75) is 41.8 Å². The van der Waals surface area contributed by atoms with Gasteiger partial charge >= 0.3 is 0 Å². The fourth-order valence-corrected chi connectivity index (χ4v) is 6.22. The van der Waals surface area contributed by atoms with Crippen molar-refractivity contribution in [2.75, 3.05) is 23.1 Å². The van der Waals surface area contributed by atoms with E-state index in [0.29, 0.717) is 13.1 Å². The van der Waals surface area contributed by atoms with Crippen LogP contribution in [-0.2, 0) is 24.8 Å². The molecule has 3 rings (SSSR count). The number of aromatic nitrogens is 2. The van der Waals surface area contributed by atoms with Crippen molar-refractivity contribution < 1.29 is 21.6 Å². The zero-order valence-corrected chi connectivity index (χ0v) is 18.1. The second-order valence-electron chi connectivity index (χ2n) is 6.37. The second kappa shape index (κ2) is 8.73. The molecular weight excluding hydrogens is 438 g/mol. The number of nitrogens with one attached hydrogen (secondary N) is 2. The molecule has 10 nitrogen and oxygen atoms in total. The van der Waals surface area contributed by atoms with Crippen LogP contribution in [0, 0.1) is 0 Å². The largest absolute Gasteiger partial charge is 0.301 e. The number of benzene rings is 1. The third kappa shape index (κ3) is 5.10. The molecule has 1 aliphatic heterocycles. The lowest BCUT2D eigenvalue weighted by Gasteiger charge is -2.25. The predicted molar refractivity (Wildman–Crippen MR) is 109 cm³/mol. The quantitative estimate of drug-likeness (QED) is 0.603. The Bertz CT molecular complexity index is 1070. The topological polar surface area (TPSA) is 138 Å². The van der Waals surface area contributed by atoms with Gasteiger partial charge in [-0.15, -0.1) is 10.2 Å². The maximum Gasteiger partial charge on any atom is 0.291 e. The Morgan fingerprint density at radius 1 is 1.07 bits per heavy atom. The van der Waals surface area contributed by atoms with E-state index in [-0.39, 0.29) is 32.4 Å². The van der Waals surface area contributed by atoms with E-state index >= 15 is 0 Å². The summed E-state index contributed by atoms with van der Waals surface area (Å²) in [5.74, 6) is -0.302. The molecule has 2 heterocycles. The summed E-state index contributed by atoms with van der Waals surface area (Å²) in [6, 6.07) is 5.51. The number of sulfonamides is 2. The Morgan fingerprint density at radius 3 is 2.34 bits per heavy atom. The van der Waals surface area contributed by atoms with Gasteiger partial charge < -0.3 is 5.32 Å². The normalized spacial score (nSPS) is 15.8. The Hall–Kier alpha value is -2.09. The van der Waals surface area contributed by atoms with Gasteiger partial charge in [0.25, 0.3) is 14.4 Å². The summed E-state index contributed by atoms with van der Waals surface area (Å²) in [7, 11) is -7.61. The molecule has 0 radical (unpaired) electrons. The first-order chi connectivity index (χ1) is 13.7. The average molecular weight is 460 g/mol. The fraction of sp³-hybridized carbons (Fsp3) is 0.438. The van der Waals surface area contributed by atoms with Crippen LogP contribution >= 0.6 is 11.3 Å². The standard InChI is InChI=1S/C16H21N5O5S3/c1-2-14(22)17-15-18-19-16(27-15)28(23,24)20-12-6-8-13(9-7-12)29(25,26)21-10-4-3-5-11-21/h6-9,20H,2-5,10-11H2,1H3,(H,17,18,22). The number of hydrogen-bond acceptors (Lipinski definition) is 8. The lowest BCUT2D eigenvalue weighted by molar-refractivity contribution is -0.115. The maximum atomic E-state index is 12.7. The smallest absolute Gasteiger partial charge is 0.291 e. The van der Waals surface area contributed by atoms with Crippen LogP contribution in [0.2, 0.25) is 0 Å².